The van der Waals surface area contributed by atoms with Gasteiger partial charge in [0.2, 0.25) is 0 Å². The van der Waals surface area contributed by atoms with Gasteiger partial charge in [0, 0.05) is 8.95 Å². The molecule has 4 heteroatoms. The molecule has 1 nitrogen and oxygen atoms in total. The van der Waals surface area contributed by atoms with E-state index in [0.717, 1.165) is 25.6 Å². The van der Waals surface area contributed by atoms with Crippen LogP contribution in [0.3, 0.4) is 0 Å². The van der Waals surface area contributed by atoms with Crippen molar-refractivity contribution in [2.75, 3.05) is 7.05 Å². The average molecular weight is 387 g/mol. The molecular weight excluding hydrogens is 373 g/mol. The van der Waals surface area contributed by atoms with Crippen LogP contribution in [0.15, 0.2) is 45.3 Å². The molecule has 0 saturated carbocycles. The van der Waals surface area contributed by atoms with E-state index in [0.29, 0.717) is 0 Å². The standard InChI is InChI=1S/C15H14Br2FN/c1-9-5-10(7-12(18)6-9)15(19-2)13-4-3-11(16)8-14(13)17/h3-8,15,19H,1-2H3. The van der Waals surface area contributed by atoms with Gasteiger partial charge in [-0.25, -0.2) is 4.39 Å². The molecule has 19 heavy (non-hydrogen) atoms. The van der Waals surface area contributed by atoms with E-state index < -0.39 is 0 Å². The Morgan fingerprint density at radius 3 is 2.42 bits per heavy atom. The predicted molar refractivity (Wildman–Crippen MR) is 83.9 cm³/mol. The normalized spacial score (nSPS) is 12.5. The Bertz CT molecular complexity index is 578. The van der Waals surface area contributed by atoms with Crippen LogP contribution < -0.4 is 5.32 Å². The minimum Gasteiger partial charge on any atom is -0.309 e. The third-order valence-electron chi connectivity index (χ3n) is 2.96. The zero-order valence-corrected chi connectivity index (χ0v) is 13.8. The largest absolute Gasteiger partial charge is 0.309 e. The van der Waals surface area contributed by atoms with E-state index in [2.05, 4.69) is 37.2 Å². The quantitative estimate of drug-likeness (QED) is 0.785. The number of nitrogens with one attached hydrogen (secondary N) is 1. The molecule has 0 aliphatic carbocycles. The van der Waals surface area contributed by atoms with Crippen LogP contribution in [0.2, 0.25) is 0 Å². The highest BCUT2D eigenvalue weighted by Gasteiger charge is 2.16. The first kappa shape index (κ1) is 14.7. The smallest absolute Gasteiger partial charge is 0.123 e. The average Bonchev–Trinajstić information content (AvgIpc) is 2.31. The second kappa shape index (κ2) is 6.16. The fraction of sp³-hybridized carbons (Fsp3) is 0.200. The number of rotatable bonds is 3. The molecule has 0 amide bonds. The third kappa shape index (κ3) is 3.44. The minimum absolute atomic E-state index is 0.0446. The molecule has 0 bridgehead atoms. The zero-order chi connectivity index (χ0) is 14.0. The van der Waals surface area contributed by atoms with Crippen molar-refractivity contribution in [3.05, 3.63) is 67.9 Å². The molecule has 1 atom stereocenters. The molecule has 0 saturated heterocycles. The van der Waals surface area contributed by atoms with Gasteiger partial charge < -0.3 is 5.32 Å². The summed E-state index contributed by atoms with van der Waals surface area (Å²) in [5.41, 5.74) is 2.92. The van der Waals surface area contributed by atoms with Crippen LogP contribution in [0.4, 0.5) is 4.39 Å². The van der Waals surface area contributed by atoms with E-state index in [1.807, 2.05) is 38.2 Å². The molecule has 0 aliphatic rings. The number of hydrogen-bond acceptors (Lipinski definition) is 1. The Kier molecular flexibility index (Phi) is 4.76. The molecule has 0 spiro atoms. The summed E-state index contributed by atoms with van der Waals surface area (Å²) < 4.78 is 15.6. The van der Waals surface area contributed by atoms with Crippen LogP contribution in [0.5, 0.6) is 0 Å². The molecule has 0 radical (unpaired) electrons. The van der Waals surface area contributed by atoms with E-state index >= 15 is 0 Å². The minimum atomic E-state index is -0.205. The third-order valence-corrected chi connectivity index (χ3v) is 4.14. The lowest BCUT2D eigenvalue weighted by Crippen LogP contribution is -2.18. The number of hydrogen-bond donors (Lipinski definition) is 1. The summed E-state index contributed by atoms with van der Waals surface area (Å²) in [7, 11) is 1.87. The first-order chi connectivity index (χ1) is 9.01. The van der Waals surface area contributed by atoms with Crippen molar-refractivity contribution in [2.24, 2.45) is 0 Å². The molecule has 100 valence electrons. The lowest BCUT2D eigenvalue weighted by atomic mass is 9.97. The zero-order valence-electron chi connectivity index (χ0n) is 10.7. The van der Waals surface area contributed by atoms with Crippen molar-refractivity contribution in [2.45, 2.75) is 13.0 Å². The van der Waals surface area contributed by atoms with E-state index in [1.54, 1.807) is 6.07 Å². The Morgan fingerprint density at radius 2 is 1.84 bits per heavy atom. The van der Waals surface area contributed by atoms with Crippen molar-refractivity contribution in [1.82, 2.24) is 5.32 Å². The topological polar surface area (TPSA) is 12.0 Å². The molecule has 0 aromatic heterocycles. The summed E-state index contributed by atoms with van der Waals surface area (Å²) in [6.45, 7) is 1.90. The van der Waals surface area contributed by atoms with Crippen LogP contribution in [0.1, 0.15) is 22.7 Å². The summed E-state index contributed by atoms with van der Waals surface area (Å²) in [5.74, 6) is -0.205. The fourth-order valence-corrected chi connectivity index (χ4v) is 3.44. The van der Waals surface area contributed by atoms with Crippen molar-refractivity contribution in [1.29, 1.82) is 0 Å². The van der Waals surface area contributed by atoms with Gasteiger partial charge in [-0.15, -0.1) is 0 Å². The molecule has 0 aliphatic heterocycles. The Labute approximate surface area is 129 Å². The van der Waals surface area contributed by atoms with Gasteiger partial charge in [0.25, 0.3) is 0 Å². The molecule has 1 unspecified atom stereocenters. The SMILES string of the molecule is CNC(c1cc(C)cc(F)c1)c1ccc(Br)cc1Br. The molecule has 2 rings (SSSR count). The van der Waals surface area contributed by atoms with Gasteiger partial charge in [0.05, 0.1) is 6.04 Å². The molecule has 0 fully saturated rings. The van der Waals surface area contributed by atoms with E-state index in [9.17, 15) is 4.39 Å². The Hall–Kier alpha value is -0.710. The summed E-state index contributed by atoms with van der Waals surface area (Å²) >= 11 is 7.00. The van der Waals surface area contributed by atoms with Crippen molar-refractivity contribution in [3.63, 3.8) is 0 Å². The van der Waals surface area contributed by atoms with Crippen molar-refractivity contribution in [3.8, 4) is 0 Å². The lowest BCUT2D eigenvalue weighted by Gasteiger charge is -2.19. The maximum Gasteiger partial charge on any atom is 0.123 e. The fourth-order valence-electron chi connectivity index (χ4n) is 2.17. The van der Waals surface area contributed by atoms with Crippen LogP contribution in [0, 0.1) is 12.7 Å². The van der Waals surface area contributed by atoms with Gasteiger partial charge >= 0.3 is 0 Å². The Morgan fingerprint density at radius 1 is 1.11 bits per heavy atom. The first-order valence-corrected chi connectivity index (χ1v) is 7.49. The monoisotopic (exact) mass is 385 g/mol. The van der Waals surface area contributed by atoms with Gasteiger partial charge in [0.15, 0.2) is 0 Å². The highest BCUT2D eigenvalue weighted by atomic mass is 79.9. The van der Waals surface area contributed by atoms with Gasteiger partial charge in [0.1, 0.15) is 5.82 Å². The maximum atomic E-state index is 13.6. The highest BCUT2D eigenvalue weighted by molar-refractivity contribution is 9.11. The van der Waals surface area contributed by atoms with Gasteiger partial charge in [-0.1, -0.05) is 44.0 Å². The van der Waals surface area contributed by atoms with Crippen molar-refractivity contribution >= 4 is 31.9 Å². The van der Waals surface area contributed by atoms with Crippen LogP contribution in [-0.4, -0.2) is 7.05 Å². The second-order valence-electron chi connectivity index (χ2n) is 4.45. The summed E-state index contributed by atoms with van der Waals surface area (Å²) in [5, 5.41) is 3.24. The summed E-state index contributed by atoms with van der Waals surface area (Å²) in [4.78, 5) is 0. The van der Waals surface area contributed by atoms with Gasteiger partial charge in [-0.2, -0.15) is 0 Å². The molecule has 2 aromatic carbocycles. The lowest BCUT2D eigenvalue weighted by molar-refractivity contribution is 0.615. The molecule has 0 heterocycles. The maximum absolute atomic E-state index is 13.6. The van der Waals surface area contributed by atoms with Gasteiger partial charge in [-0.3, -0.25) is 0 Å². The molecular formula is C15H14Br2FN. The number of halogens is 3. The van der Waals surface area contributed by atoms with E-state index in [-0.39, 0.29) is 11.9 Å². The number of benzene rings is 2. The van der Waals surface area contributed by atoms with Crippen LogP contribution in [0.25, 0.3) is 0 Å². The molecule has 1 N–H and O–H groups in total. The highest BCUT2D eigenvalue weighted by Crippen LogP contribution is 2.31. The predicted octanol–water partition coefficient (Wildman–Crippen LogP) is 4.97. The Balaban J connectivity index is 2.49. The van der Waals surface area contributed by atoms with Crippen molar-refractivity contribution < 1.29 is 4.39 Å². The second-order valence-corrected chi connectivity index (χ2v) is 6.22. The van der Waals surface area contributed by atoms with Gasteiger partial charge in [-0.05, 0) is 54.9 Å². The van der Waals surface area contributed by atoms with Crippen LogP contribution in [-0.2, 0) is 0 Å². The summed E-state index contributed by atoms with van der Waals surface area (Å²) in [6.07, 6.45) is 0. The van der Waals surface area contributed by atoms with E-state index in [4.69, 9.17) is 0 Å². The molecule has 2 aromatic rings. The van der Waals surface area contributed by atoms with E-state index in [1.165, 1.54) is 6.07 Å². The first-order valence-electron chi connectivity index (χ1n) is 5.90. The number of aryl methyl sites for hydroxylation is 1. The summed E-state index contributed by atoms with van der Waals surface area (Å²) in [6, 6.07) is 11.1. The van der Waals surface area contributed by atoms with Crippen LogP contribution >= 0.6 is 31.9 Å².